The fraction of sp³-hybridized carbons (Fsp3) is 0.556. The van der Waals surface area contributed by atoms with Gasteiger partial charge in [-0.1, -0.05) is 12.1 Å². The highest BCUT2D eigenvalue weighted by molar-refractivity contribution is 7.18. The van der Waals surface area contributed by atoms with Crippen LogP contribution in [0.25, 0.3) is 10.2 Å². The van der Waals surface area contributed by atoms with Crippen molar-refractivity contribution in [2.45, 2.75) is 31.6 Å². The number of hydrogen-bond acceptors (Lipinski definition) is 4. The molecule has 23 heavy (non-hydrogen) atoms. The summed E-state index contributed by atoms with van der Waals surface area (Å²) in [6.07, 6.45) is 4.73. The van der Waals surface area contributed by atoms with Crippen LogP contribution in [0, 0.1) is 5.92 Å². The van der Waals surface area contributed by atoms with Crippen LogP contribution in [0.4, 0.5) is 0 Å². The number of amides is 1. The molecule has 1 aliphatic carbocycles. The zero-order valence-corrected chi connectivity index (χ0v) is 14.1. The Kier molecular flexibility index (Phi) is 4.31. The smallest absolute Gasteiger partial charge is 0.236 e. The second kappa shape index (κ2) is 6.57. The quantitative estimate of drug-likeness (QED) is 0.917. The summed E-state index contributed by atoms with van der Waals surface area (Å²) in [5.41, 5.74) is 1.11. The summed E-state index contributed by atoms with van der Waals surface area (Å²) in [5.74, 6) is 1.59. The highest BCUT2D eigenvalue weighted by Crippen LogP contribution is 2.33. The first-order chi connectivity index (χ1) is 11.3. The van der Waals surface area contributed by atoms with Crippen LogP contribution in [-0.2, 0) is 4.79 Å². The number of rotatable bonds is 5. The third-order valence-electron chi connectivity index (χ3n) is 4.91. The minimum Gasteiger partial charge on any atom is -0.342 e. The molecule has 2 fully saturated rings. The first-order valence-electron chi connectivity index (χ1n) is 8.63. The van der Waals surface area contributed by atoms with Crippen LogP contribution in [0.2, 0.25) is 0 Å². The number of para-hydroxylation sites is 1. The second-order valence-electron chi connectivity index (χ2n) is 6.75. The Balaban J connectivity index is 1.30. The monoisotopic (exact) mass is 329 g/mol. The molecule has 1 aromatic heterocycles. The molecular formula is C18H23N3OS. The Hall–Kier alpha value is -1.46. The van der Waals surface area contributed by atoms with Gasteiger partial charge in [-0.05, 0) is 50.3 Å². The van der Waals surface area contributed by atoms with Gasteiger partial charge in [0.15, 0.2) is 0 Å². The predicted molar refractivity (Wildman–Crippen MR) is 93.8 cm³/mol. The minimum atomic E-state index is 0.258. The zero-order chi connectivity index (χ0) is 15.6. The van der Waals surface area contributed by atoms with Gasteiger partial charge in [0, 0.05) is 19.0 Å². The van der Waals surface area contributed by atoms with Gasteiger partial charge in [0.25, 0.3) is 0 Å². The summed E-state index contributed by atoms with van der Waals surface area (Å²) in [5, 5.41) is 4.54. The number of nitrogens with one attached hydrogen (secondary N) is 1. The van der Waals surface area contributed by atoms with E-state index in [0.29, 0.717) is 12.5 Å². The zero-order valence-electron chi connectivity index (χ0n) is 13.3. The molecule has 4 rings (SSSR count). The lowest BCUT2D eigenvalue weighted by Gasteiger charge is -2.31. The first kappa shape index (κ1) is 15.1. The van der Waals surface area contributed by atoms with Crippen molar-refractivity contribution in [1.82, 2.24) is 15.2 Å². The molecule has 1 N–H and O–H groups in total. The van der Waals surface area contributed by atoms with E-state index in [0.717, 1.165) is 43.9 Å². The molecule has 2 aliphatic rings. The largest absolute Gasteiger partial charge is 0.342 e. The van der Waals surface area contributed by atoms with E-state index < -0.39 is 0 Å². The molecule has 1 saturated carbocycles. The number of carbonyl (C=O) groups is 1. The van der Waals surface area contributed by atoms with Gasteiger partial charge in [-0.3, -0.25) is 4.79 Å². The molecule has 1 aromatic carbocycles. The standard InChI is InChI=1S/C18H23N3OS/c22-17(12-19-11-13-5-6-13)21-9-7-14(8-10-21)18-20-15-3-1-2-4-16(15)23-18/h1-4,13-14,19H,5-12H2. The van der Waals surface area contributed by atoms with Gasteiger partial charge in [0.05, 0.1) is 21.8 Å². The van der Waals surface area contributed by atoms with E-state index in [1.165, 1.54) is 22.5 Å². The Bertz CT molecular complexity index is 653. The van der Waals surface area contributed by atoms with Crippen molar-refractivity contribution in [3.63, 3.8) is 0 Å². The van der Waals surface area contributed by atoms with Crippen LogP contribution in [0.15, 0.2) is 24.3 Å². The summed E-state index contributed by atoms with van der Waals surface area (Å²) >= 11 is 1.81. The maximum atomic E-state index is 12.2. The molecule has 1 aliphatic heterocycles. The molecule has 0 radical (unpaired) electrons. The van der Waals surface area contributed by atoms with E-state index in [2.05, 4.69) is 23.5 Å². The van der Waals surface area contributed by atoms with Crippen LogP contribution in [0.1, 0.15) is 36.6 Å². The average molecular weight is 329 g/mol. The van der Waals surface area contributed by atoms with Crippen molar-refractivity contribution in [3.8, 4) is 0 Å². The van der Waals surface area contributed by atoms with Crippen molar-refractivity contribution < 1.29 is 4.79 Å². The lowest BCUT2D eigenvalue weighted by Crippen LogP contribution is -2.42. The Morgan fingerprint density at radius 3 is 2.74 bits per heavy atom. The first-order valence-corrected chi connectivity index (χ1v) is 9.45. The third kappa shape index (κ3) is 3.56. The van der Waals surface area contributed by atoms with Gasteiger partial charge in [-0.2, -0.15) is 0 Å². The number of thiazole rings is 1. The number of piperidine rings is 1. The van der Waals surface area contributed by atoms with Gasteiger partial charge in [0.1, 0.15) is 0 Å². The van der Waals surface area contributed by atoms with Crippen molar-refractivity contribution >= 4 is 27.5 Å². The molecule has 4 nitrogen and oxygen atoms in total. The van der Waals surface area contributed by atoms with Gasteiger partial charge in [-0.15, -0.1) is 11.3 Å². The molecule has 0 bridgehead atoms. The molecule has 0 unspecified atom stereocenters. The highest BCUT2D eigenvalue weighted by atomic mass is 32.1. The van der Waals surface area contributed by atoms with Crippen molar-refractivity contribution in [2.24, 2.45) is 5.92 Å². The summed E-state index contributed by atoms with van der Waals surface area (Å²) in [6, 6.07) is 8.34. The number of benzene rings is 1. The van der Waals surface area contributed by atoms with Crippen LogP contribution < -0.4 is 5.32 Å². The van der Waals surface area contributed by atoms with Gasteiger partial charge in [-0.25, -0.2) is 4.98 Å². The summed E-state index contributed by atoms with van der Waals surface area (Å²) in [4.78, 5) is 19.0. The predicted octanol–water partition coefficient (Wildman–Crippen LogP) is 3.00. The third-order valence-corrected chi connectivity index (χ3v) is 6.11. The number of hydrogen-bond donors (Lipinski definition) is 1. The minimum absolute atomic E-state index is 0.258. The molecule has 1 saturated heterocycles. The lowest BCUT2D eigenvalue weighted by atomic mass is 9.97. The van der Waals surface area contributed by atoms with Crippen LogP contribution in [-0.4, -0.2) is 42.0 Å². The summed E-state index contributed by atoms with van der Waals surface area (Å²) in [6.45, 7) is 3.24. The number of fused-ring (bicyclic) bond motifs is 1. The van der Waals surface area contributed by atoms with Crippen molar-refractivity contribution in [2.75, 3.05) is 26.2 Å². The van der Waals surface area contributed by atoms with Crippen LogP contribution >= 0.6 is 11.3 Å². The Morgan fingerprint density at radius 2 is 2.00 bits per heavy atom. The second-order valence-corrected chi connectivity index (χ2v) is 7.81. The molecule has 5 heteroatoms. The van der Waals surface area contributed by atoms with Crippen LogP contribution in [0.5, 0.6) is 0 Å². The van der Waals surface area contributed by atoms with Crippen LogP contribution in [0.3, 0.4) is 0 Å². The number of carbonyl (C=O) groups excluding carboxylic acids is 1. The number of aromatic nitrogens is 1. The highest BCUT2D eigenvalue weighted by Gasteiger charge is 2.26. The Labute approximate surface area is 140 Å². The average Bonchev–Trinajstić information content (AvgIpc) is 3.30. The van der Waals surface area contributed by atoms with Gasteiger partial charge >= 0.3 is 0 Å². The van der Waals surface area contributed by atoms with Gasteiger partial charge < -0.3 is 10.2 Å². The van der Waals surface area contributed by atoms with Gasteiger partial charge in [0.2, 0.25) is 5.91 Å². The summed E-state index contributed by atoms with van der Waals surface area (Å²) < 4.78 is 1.27. The summed E-state index contributed by atoms with van der Waals surface area (Å²) in [7, 11) is 0. The van der Waals surface area contributed by atoms with E-state index in [9.17, 15) is 4.79 Å². The molecule has 2 heterocycles. The molecular weight excluding hydrogens is 306 g/mol. The van der Waals surface area contributed by atoms with Crippen molar-refractivity contribution in [1.29, 1.82) is 0 Å². The topological polar surface area (TPSA) is 45.2 Å². The molecule has 0 spiro atoms. The normalized spacial score (nSPS) is 19.4. The maximum absolute atomic E-state index is 12.2. The lowest BCUT2D eigenvalue weighted by molar-refractivity contribution is -0.131. The molecule has 2 aromatic rings. The number of nitrogens with zero attached hydrogens (tertiary/aromatic N) is 2. The Morgan fingerprint density at radius 1 is 1.22 bits per heavy atom. The van der Waals surface area contributed by atoms with E-state index in [4.69, 9.17) is 4.98 Å². The molecule has 1 amide bonds. The van der Waals surface area contributed by atoms with E-state index in [1.54, 1.807) is 0 Å². The molecule has 0 atom stereocenters. The van der Waals surface area contributed by atoms with E-state index in [1.807, 2.05) is 22.3 Å². The SMILES string of the molecule is O=C(CNCC1CC1)N1CCC(c2nc3ccccc3s2)CC1. The fourth-order valence-electron chi connectivity index (χ4n) is 3.26. The molecule has 122 valence electrons. The van der Waals surface area contributed by atoms with Crippen molar-refractivity contribution in [3.05, 3.63) is 29.3 Å². The van der Waals surface area contributed by atoms with E-state index in [-0.39, 0.29) is 5.91 Å². The van der Waals surface area contributed by atoms with E-state index >= 15 is 0 Å². The number of likely N-dealkylation sites (tertiary alicyclic amines) is 1. The fourth-order valence-corrected chi connectivity index (χ4v) is 4.39. The maximum Gasteiger partial charge on any atom is 0.236 e.